The largest absolute Gasteiger partial charge is 0.378 e. The number of anilines is 3. The number of thiophene rings is 1. The van der Waals surface area contributed by atoms with Crippen molar-refractivity contribution in [2.75, 3.05) is 29.2 Å². The lowest BCUT2D eigenvalue weighted by Gasteiger charge is -2.28. The number of hydrogen-bond acceptors (Lipinski definition) is 7. The van der Waals surface area contributed by atoms with Crippen molar-refractivity contribution in [3.05, 3.63) is 70.9 Å². The van der Waals surface area contributed by atoms with Crippen LogP contribution in [0.5, 0.6) is 0 Å². The van der Waals surface area contributed by atoms with E-state index in [1.165, 1.54) is 24.3 Å². The number of carbonyl (C=O) groups excluding carboxylic acids is 3. The molecule has 176 valence electrons. The van der Waals surface area contributed by atoms with Crippen molar-refractivity contribution in [2.24, 2.45) is 0 Å². The number of benzene rings is 2. The van der Waals surface area contributed by atoms with Crippen LogP contribution in [0.2, 0.25) is 0 Å². The maximum absolute atomic E-state index is 14.9. The molecule has 0 fully saturated rings. The van der Waals surface area contributed by atoms with Crippen LogP contribution in [0.4, 0.5) is 26.2 Å². The Hall–Kier alpha value is -3.77. The molecule has 0 radical (unpaired) electrons. The van der Waals surface area contributed by atoms with Crippen molar-refractivity contribution in [2.45, 2.75) is 10.6 Å². The number of sulfonamides is 1. The van der Waals surface area contributed by atoms with E-state index >= 15 is 0 Å². The first-order valence-electron chi connectivity index (χ1n) is 9.91. The SMILES string of the molecule is CN(C)c1ccc2c(c1)CC(=O)N(c1ccc(NC(=O)NS(=O)(=O)c3cccs3)cc1F)C2=O. The standard InChI is InChI=1S/C22H19FN4O5S2/c1-26(2)15-6-7-16-13(10-15)11-19(28)27(21(16)29)18-8-5-14(12-17(18)23)24-22(30)25-34(31,32)20-4-3-9-33-20/h3-10,12H,11H2,1-2H3,(H2,24,25,30). The van der Waals surface area contributed by atoms with E-state index in [2.05, 4.69) is 5.32 Å². The second-order valence-electron chi connectivity index (χ2n) is 7.60. The highest BCUT2D eigenvalue weighted by Crippen LogP contribution is 2.31. The third-order valence-electron chi connectivity index (χ3n) is 5.06. The Kier molecular flexibility index (Phi) is 6.11. The van der Waals surface area contributed by atoms with Crippen molar-refractivity contribution in [1.29, 1.82) is 0 Å². The molecule has 1 aromatic heterocycles. The first-order valence-corrected chi connectivity index (χ1v) is 12.3. The van der Waals surface area contributed by atoms with Crippen molar-refractivity contribution in [1.82, 2.24) is 4.72 Å². The molecule has 0 unspecified atom stereocenters. The Morgan fingerprint density at radius 1 is 1.12 bits per heavy atom. The van der Waals surface area contributed by atoms with Gasteiger partial charge in [0.25, 0.3) is 15.9 Å². The summed E-state index contributed by atoms with van der Waals surface area (Å²) in [5.74, 6) is -2.18. The molecule has 4 rings (SSSR count). The van der Waals surface area contributed by atoms with E-state index in [0.29, 0.717) is 11.1 Å². The Morgan fingerprint density at radius 3 is 2.53 bits per heavy atom. The first-order chi connectivity index (χ1) is 16.1. The summed E-state index contributed by atoms with van der Waals surface area (Å²) in [6.07, 6.45) is -0.0782. The number of nitrogens with one attached hydrogen (secondary N) is 2. The fourth-order valence-electron chi connectivity index (χ4n) is 3.44. The van der Waals surface area contributed by atoms with Crippen LogP contribution in [0.3, 0.4) is 0 Å². The van der Waals surface area contributed by atoms with Crippen molar-refractivity contribution >= 4 is 56.3 Å². The molecule has 34 heavy (non-hydrogen) atoms. The summed E-state index contributed by atoms with van der Waals surface area (Å²) >= 11 is 0.934. The van der Waals surface area contributed by atoms with E-state index in [-0.39, 0.29) is 22.0 Å². The van der Waals surface area contributed by atoms with Gasteiger partial charge >= 0.3 is 6.03 Å². The quantitative estimate of drug-likeness (QED) is 0.518. The Balaban J connectivity index is 1.53. The summed E-state index contributed by atoms with van der Waals surface area (Å²) in [7, 11) is -0.388. The minimum absolute atomic E-state index is 0.0516. The summed E-state index contributed by atoms with van der Waals surface area (Å²) in [4.78, 5) is 40.4. The summed E-state index contributed by atoms with van der Waals surface area (Å²) < 4.78 is 40.9. The monoisotopic (exact) mass is 502 g/mol. The van der Waals surface area contributed by atoms with Gasteiger partial charge in [-0.2, -0.15) is 0 Å². The molecule has 12 heteroatoms. The minimum Gasteiger partial charge on any atom is -0.378 e. The minimum atomic E-state index is -4.06. The van der Waals surface area contributed by atoms with Gasteiger partial charge in [0.2, 0.25) is 5.91 Å². The van der Waals surface area contributed by atoms with E-state index in [9.17, 15) is 27.2 Å². The average Bonchev–Trinajstić information content (AvgIpc) is 3.30. The number of amides is 4. The van der Waals surface area contributed by atoms with Crippen LogP contribution in [0.25, 0.3) is 0 Å². The third kappa shape index (κ3) is 4.50. The molecule has 0 saturated carbocycles. The molecule has 0 aliphatic carbocycles. The number of rotatable bonds is 5. The van der Waals surface area contributed by atoms with Crippen LogP contribution >= 0.6 is 11.3 Å². The number of carbonyl (C=O) groups is 3. The van der Waals surface area contributed by atoms with Gasteiger partial charge in [-0.25, -0.2) is 27.2 Å². The van der Waals surface area contributed by atoms with E-state index < -0.39 is 33.7 Å². The van der Waals surface area contributed by atoms with Crippen LogP contribution in [0.1, 0.15) is 15.9 Å². The molecule has 2 aromatic carbocycles. The van der Waals surface area contributed by atoms with Crippen molar-refractivity contribution < 1.29 is 27.2 Å². The van der Waals surface area contributed by atoms with Crippen LogP contribution in [-0.4, -0.2) is 40.4 Å². The Bertz CT molecular complexity index is 1400. The molecule has 9 nitrogen and oxygen atoms in total. The molecule has 4 amide bonds. The van der Waals surface area contributed by atoms with E-state index in [4.69, 9.17) is 0 Å². The fraction of sp³-hybridized carbons (Fsp3) is 0.136. The maximum Gasteiger partial charge on any atom is 0.333 e. The second-order valence-corrected chi connectivity index (χ2v) is 10.5. The highest BCUT2D eigenvalue weighted by molar-refractivity contribution is 7.92. The lowest BCUT2D eigenvalue weighted by molar-refractivity contribution is -0.117. The van der Waals surface area contributed by atoms with Gasteiger partial charge < -0.3 is 10.2 Å². The maximum atomic E-state index is 14.9. The molecule has 0 saturated heterocycles. The summed E-state index contributed by atoms with van der Waals surface area (Å²) in [6, 6.07) is 10.2. The topological polar surface area (TPSA) is 116 Å². The average molecular weight is 503 g/mol. The highest BCUT2D eigenvalue weighted by atomic mass is 32.2. The van der Waals surface area contributed by atoms with Gasteiger partial charge in [0.15, 0.2) is 0 Å². The van der Waals surface area contributed by atoms with E-state index in [1.54, 1.807) is 23.6 Å². The van der Waals surface area contributed by atoms with Gasteiger partial charge in [0, 0.05) is 31.0 Å². The molecule has 0 bridgehead atoms. The second kappa shape index (κ2) is 8.88. The van der Waals surface area contributed by atoms with Gasteiger partial charge in [-0.15, -0.1) is 11.3 Å². The predicted molar refractivity (Wildman–Crippen MR) is 126 cm³/mol. The predicted octanol–water partition coefficient (Wildman–Crippen LogP) is 3.19. The smallest absolute Gasteiger partial charge is 0.333 e. The molecule has 0 atom stereocenters. The van der Waals surface area contributed by atoms with Gasteiger partial charge in [0.1, 0.15) is 10.0 Å². The van der Waals surface area contributed by atoms with Crippen LogP contribution < -0.4 is 19.8 Å². The summed E-state index contributed by atoms with van der Waals surface area (Å²) in [6.45, 7) is 0. The number of hydrogen-bond donors (Lipinski definition) is 2. The summed E-state index contributed by atoms with van der Waals surface area (Å²) in [5, 5.41) is 3.77. The highest BCUT2D eigenvalue weighted by Gasteiger charge is 2.34. The van der Waals surface area contributed by atoms with Gasteiger partial charge in [-0.3, -0.25) is 9.59 Å². The van der Waals surface area contributed by atoms with Crippen molar-refractivity contribution in [3.63, 3.8) is 0 Å². The lowest BCUT2D eigenvalue weighted by atomic mass is 9.97. The van der Waals surface area contributed by atoms with Crippen molar-refractivity contribution in [3.8, 4) is 0 Å². The third-order valence-corrected chi connectivity index (χ3v) is 7.79. The molecular weight excluding hydrogens is 483 g/mol. The zero-order valence-corrected chi connectivity index (χ0v) is 19.7. The van der Waals surface area contributed by atoms with Gasteiger partial charge in [-0.1, -0.05) is 6.07 Å². The van der Waals surface area contributed by atoms with Crippen LogP contribution in [0.15, 0.2) is 58.1 Å². The first kappa shape index (κ1) is 23.4. The lowest BCUT2D eigenvalue weighted by Crippen LogP contribution is -2.43. The molecule has 0 spiro atoms. The zero-order valence-electron chi connectivity index (χ0n) is 18.0. The van der Waals surface area contributed by atoms with E-state index in [1.807, 2.05) is 23.7 Å². The van der Waals surface area contributed by atoms with Gasteiger partial charge in [0.05, 0.1) is 12.1 Å². The Morgan fingerprint density at radius 2 is 1.88 bits per heavy atom. The van der Waals surface area contributed by atoms with Crippen LogP contribution in [0, 0.1) is 5.82 Å². The Labute approximate surface area is 198 Å². The normalized spacial score (nSPS) is 13.4. The number of imide groups is 1. The molecule has 2 N–H and O–H groups in total. The molecular formula is C22H19FN4O5S2. The molecule has 1 aliphatic rings. The zero-order chi connectivity index (χ0) is 24.6. The number of halogens is 1. The van der Waals surface area contributed by atoms with E-state index in [0.717, 1.165) is 28.0 Å². The summed E-state index contributed by atoms with van der Waals surface area (Å²) in [5.41, 5.74) is 1.35. The molecule has 1 aliphatic heterocycles. The number of urea groups is 1. The van der Waals surface area contributed by atoms with Gasteiger partial charge in [-0.05, 0) is 53.4 Å². The molecule has 2 heterocycles. The molecule has 3 aromatic rings. The number of fused-ring (bicyclic) bond motifs is 1. The van der Waals surface area contributed by atoms with Crippen LogP contribution in [-0.2, 0) is 21.2 Å². The number of nitrogens with zero attached hydrogens (tertiary/aromatic N) is 2. The fourth-order valence-corrected chi connectivity index (χ4v) is 5.34.